The molecule has 62 valence electrons. The molecule has 0 heterocycles. The second-order valence-electron chi connectivity index (χ2n) is 2.83. The van der Waals surface area contributed by atoms with Gasteiger partial charge in [-0.3, -0.25) is 0 Å². The molecule has 0 amide bonds. The maximum Gasteiger partial charge on any atom is 0.0746 e. The first-order valence-electron chi connectivity index (χ1n) is 3.44. The Kier molecular flexibility index (Phi) is 5.04. The number of methoxy groups -OCH3 is 1. The van der Waals surface area contributed by atoms with Crippen LogP contribution in [0.15, 0.2) is 0 Å². The molecular weight excluding hydrogens is 150 g/mol. The van der Waals surface area contributed by atoms with Crippen LogP contribution in [-0.4, -0.2) is 31.7 Å². The Bertz CT molecular complexity index is 85.7. The van der Waals surface area contributed by atoms with Crippen LogP contribution in [0.2, 0.25) is 0 Å². The van der Waals surface area contributed by atoms with E-state index in [1.165, 1.54) is 0 Å². The van der Waals surface area contributed by atoms with Crippen molar-refractivity contribution in [1.82, 2.24) is 5.32 Å². The second kappa shape index (κ2) is 4.94. The highest BCUT2D eigenvalue weighted by Crippen LogP contribution is 2.03. The molecule has 0 radical (unpaired) electrons. The molecule has 10 heavy (non-hydrogen) atoms. The van der Waals surface area contributed by atoms with Crippen molar-refractivity contribution in [2.75, 3.05) is 26.1 Å². The van der Waals surface area contributed by atoms with Crippen LogP contribution in [0, 0.1) is 0 Å². The van der Waals surface area contributed by atoms with E-state index in [2.05, 4.69) is 5.32 Å². The van der Waals surface area contributed by atoms with Gasteiger partial charge in [-0.1, -0.05) is 0 Å². The molecule has 0 bridgehead atoms. The van der Waals surface area contributed by atoms with Gasteiger partial charge in [-0.2, -0.15) is 0 Å². The summed E-state index contributed by atoms with van der Waals surface area (Å²) in [6.45, 7) is 5.76. The summed E-state index contributed by atoms with van der Waals surface area (Å²) in [5, 5.41) is 3.17. The summed E-state index contributed by atoms with van der Waals surface area (Å²) in [5.41, 5.74) is -0.0773. The first kappa shape index (κ1) is 10.2. The molecule has 0 spiro atoms. The van der Waals surface area contributed by atoms with E-state index in [-0.39, 0.29) is 5.60 Å². The van der Waals surface area contributed by atoms with Gasteiger partial charge in [0.15, 0.2) is 0 Å². The van der Waals surface area contributed by atoms with Gasteiger partial charge in [0.2, 0.25) is 0 Å². The highest BCUT2D eigenvalue weighted by Gasteiger charge is 2.14. The van der Waals surface area contributed by atoms with Gasteiger partial charge in [0.25, 0.3) is 0 Å². The lowest BCUT2D eigenvalue weighted by molar-refractivity contribution is 0.0238. The number of hydrogen-bond donors (Lipinski definition) is 1. The van der Waals surface area contributed by atoms with Gasteiger partial charge in [0.05, 0.1) is 5.60 Å². The van der Waals surface area contributed by atoms with Crippen LogP contribution in [0.25, 0.3) is 0 Å². The molecule has 3 heteroatoms. The fourth-order valence-corrected chi connectivity index (χ4v) is 0.662. The predicted octanol–water partition coefficient (Wildman–Crippen LogP) is 1.24. The minimum atomic E-state index is -0.0773. The Morgan fingerprint density at radius 1 is 1.50 bits per heavy atom. The largest absolute Gasteiger partial charge is 0.377 e. The van der Waals surface area contributed by atoms with E-state index in [9.17, 15) is 0 Å². The summed E-state index contributed by atoms with van der Waals surface area (Å²) in [4.78, 5) is 0. The fourth-order valence-electron chi connectivity index (χ4n) is 0.528. The SMILES string of the molecule is COC(C)(C)CNCCCl. The van der Waals surface area contributed by atoms with E-state index >= 15 is 0 Å². The maximum atomic E-state index is 5.47. The van der Waals surface area contributed by atoms with Crippen molar-refractivity contribution in [3.63, 3.8) is 0 Å². The van der Waals surface area contributed by atoms with Crippen LogP contribution >= 0.6 is 11.6 Å². The zero-order valence-electron chi connectivity index (χ0n) is 6.91. The van der Waals surface area contributed by atoms with Crippen LogP contribution in [0.4, 0.5) is 0 Å². The van der Waals surface area contributed by atoms with Crippen molar-refractivity contribution < 1.29 is 4.74 Å². The molecule has 0 atom stereocenters. The van der Waals surface area contributed by atoms with Gasteiger partial charge in [0.1, 0.15) is 0 Å². The zero-order valence-corrected chi connectivity index (χ0v) is 7.66. The van der Waals surface area contributed by atoms with Gasteiger partial charge in [-0.05, 0) is 13.8 Å². The van der Waals surface area contributed by atoms with Gasteiger partial charge in [-0.15, -0.1) is 11.6 Å². The van der Waals surface area contributed by atoms with Crippen molar-refractivity contribution in [2.45, 2.75) is 19.4 Å². The van der Waals surface area contributed by atoms with Crippen molar-refractivity contribution in [3.8, 4) is 0 Å². The summed E-state index contributed by atoms with van der Waals surface area (Å²) >= 11 is 5.47. The Morgan fingerprint density at radius 2 is 2.10 bits per heavy atom. The van der Waals surface area contributed by atoms with Crippen LogP contribution in [0.5, 0.6) is 0 Å². The van der Waals surface area contributed by atoms with E-state index in [0.29, 0.717) is 5.88 Å². The average Bonchev–Trinajstić information content (AvgIpc) is 1.89. The average molecular weight is 166 g/mol. The normalized spacial score (nSPS) is 12.0. The summed E-state index contributed by atoms with van der Waals surface area (Å²) in [6.07, 6.45) is 0. The lowest BCUT2D eigenvalue weighted by Gasteiger charge is -2.22. The predicted molar refractivity (Wildman–Crippen MR) is 44.7 cm³/mol. The highest BCUT2D eigenvalue weighted by atomic mass is 35.5. The first-order valence-corrected chi connectivity index (χ1v) is 3.97. The molecule has 0 saturated carbocycles. The number of halogens is 1. The number of ether oxygens (including phenoxy) is 1. The van der Waals surface area contributed by atoms with Crippen molar-refractivity contribution in [2.24, 2.45) is 0 Å². The molecule has 0 rings (SSSR count). The highest BCUT2D eigenvalue weighted by molar-refractivity contribution is 6.18. The van der Waals surface area contributed by atoms with Crippen LogP contribution in [0.1, 0.15) is 13.8 Å². The Balaban J connectivity index is 3.28. The minimum Gasteiger partial charge on any atom is -0.377 e. The quantitative estimate of drug-likeness (QED) is 0.489. The molecule has 1 N–H and O–H groups in total. The lowest BCUT2D eigenvalue weighted by atomic mass is 10.1. The van der Waals surface area contributed by atoms with E-state index in [4.69, 9.17) is 16.3 Å². The van der Waals surface area contributed by atoms with E-state index in [1.54, 1.807) is 7.11 Å². The number of alkyl halides is 1. The van der Waals surface area contributed by atoms with Gasteiger partial charge in [-0.25, -0.2) is 0 Å². The van der Waals surface area contributed by atoms with Crippen LogP contribution in [0.3, 0.4) is 0 Å². The van der Waals surface area contributed by atoms with E-state index in [1.807, 2.05) is 13.8 Å². The summed E-state index contributed by atoms with van der Waals surface area (Å²) in [6, 6.07) is 0. The Morgan fingerprint density at radius 3 is 2.50 bits per heavy atom. The molecular formula is C7H16ClNO. The topological polar surface area (TPSA) is 21.3 Å². The molecule has 0 aliphatic rings. The standard InChI is InChI=1S/C7H16ClNO/c1-7(2,10-3)6-9-5-4-8/h9H,4-6H2,1-3H3. The third-order valence-corrected chi connectivity index (χ3v) is 1.56. The number of hydrogen-bond acceptors (Lipinski definition) is 2. The summed E-state index contributed by atoms with van der Waals surface area (Å²) < 4.78 is 5.18. The Labute approximate surface area is 67.9 Å². The molecule has 0 aliphatic carbocycles. The molecule has 0 fully saturated rings. The summed E-state index contributed by atoms with van der Waals surface area (Å²) in [7, 11) is 1.71. The maximum absolute atomic E-state index is 5.47. The fraction of sp³-hybridized carbons (Fsp3) is 1.00. The van der Waals surface area contributed by atoms with Crippen molar-refractivity contribution in [1.29, 1.82) is 0 Å². The zero-order chi connectivity index (χ0) is 8.04. The van der Waals surface area contributed by atoms with E-state index < -0.39 is 0 Å². The summed E-state index contributed by atoms with van der Waals surface area (Å²) in [5.74, 6) is 0.653. The molecule has 0 aromatic heterocycles. The second-order valence-corrected chi connectivity index (χ2v) is 3.21. The Hall–Kier alpha value is 0.210. The molecule has 0 aromatic carbocycles. The van der Waals surface area contributed by atoms with Gasteiger partial charge >= 0.3 is 0 Å². The molecule has 0 aromatic rings. The first-order chi connectivity index (χ1) is 4.62. The smallest absolute Gasteiger partial charge is 0.0746 e. The van der Waals surface area contributed by atoms with Crippen molar-refractivity contribution in [3.05, 3.63) is 0 Å². The lowest BCUT2D eigenvalue weighted by Crippen LogP contribution is -2.37. The third kappa shape index (κ3) is 5.03. The third-order valence-electron chi connectivity index (χ3n) is 1.37. The van der Waals surface area contributed by atoms with Gasteiger partial charge < -0.3 is 10.1 Å². The van der Waals surface area contributed by atoms with Crippen LogP contribution in [-0.2, 0) is 4.74 Å². The van der Waals surface area contributed by atoms with Crippen molar-refractivity contribution >= 4 is 11.6 Å². The van der Waals surface area contributed by atoms with E-state index in [0.717, 1.165) is 13.1 Å². The minimum absolute atomic E-state index is 0.0773. The number of rotatable bonds is 5. The monoisotopic (exact) mass is 165 g/mol. The molecule has 0 saturated heterocycles. The molecule has 2 nitrogen and oxygen atoms in total. The molecule has 0 unspecified atom stereocenters. The van der Waals surface area contributed by atoms with Crippen LogP contribution < -0.4 is 5.32 Å². The van der Waals surface area contributed by atoms with Gasteiger partial charge in [0, 0.05) is 26.1 Å². The molecule has 0 aliphatic heterocycles. The number of nitrogens with one attached hydrogen (secondary N) is 1.